The zero-order valence-electron chi connectivity index (χ0n) is 17.6. The zero-order valence-corrected chi connectivity index (χ0v) is 17.6. The number of carbonyl (C=O) groups excluding carboxylic acids is 4. The van der Waals surface area contributed by atoms with Crippen molar-refractivity contribution in [1.82, 2.24) is 10.3 Å². The molecule has 3 amide bonds. The van der Waals surface area contributed by atoms with E-state index in [-0.39, 0.29) is 41.4 Å². The first-order valence-corrected chi connectivity index (χ1v) is 10.8. The molecule has 164 valence electrons. The molecule has 0 saturated carbocycles. The van der Waals surface area contributed by atoms with Gasteiger partial charge in [0.15, 0.2) is 0 Å². The van der Waals surface area contributed by atoms with Crippen LogP contribution in [0.15, 0.2) is 36.4 Å². The lowest BCUT2D eigenvalue weighted by Crippen LogP contribution is -2.59. The number of likely N-dealkylation sites (tertiary alicyclic amines) is 1. The van der Waals surface area contributed by atoms with Crippen LogP contribution in [-0.4, -0.2) is 48.3 Å². The fourth-order valence-corrected chi connectivity index (χ4v) is 4.56. The van der Waals surface area contributed by atoms with Crippen LogP contribution in [0.2, 0.25) is 0 Å². The monoisotopic (exact) mass is 425 g/mol. The Kier molecular flexibility index (Phi) is 6.06. The molecule has 1 aromatic rings. The van der Waals surface area contributed by atoms with Crippen molar-refractivity contribution in [3.63, 3.8) is 0 Å². The number of rotatable bonds is 4. The Balaban J connectivity index is 1.51. The standard InChI is InChI=1S/C23H27N3O5/c1-2-31-23(30)16-8-6-12-25(14-16)21(28)15-7-5-9-17(13-15)26-22(29)19-11-4-3-10-18(19)20(27)24-26/h3-5,7,9,13,16,18-19H,2,6,8,10-12,14H2,1H3,(H,24,27). The Hall–Kier alpha value is -3.16. The number of anilines is 1. The summed E-state index contributed by atoms with van der Waals surface area (Å²) in [6.45, 7) is 2.96. The number of carbonyl (C=O) groups is 4. The summed E-state index contributed by atoms with van der Waals surface area (Å²) in [6.07, 6.45) is 6.40. The van der Waals surface area contributed by atoms with Gasteiger partial charge in [0.05, 0.1) is 30.0 Å². The molecule has 8 heteroatoms. The molecule has 4 rings (SSSR count). The molecule has 3 aliphatic rings. The normalized spacial score (nSPS) is 25.6. The summed E-state index contributed by atoms with van der Waals surface area (Å²) in [5.74, 6) is -1.87. The highest BCUT2D eigenvalue weighted by Gasteiger charge is 2.42. The first kappa shape index (κ1) is 21.1. The number of nitrogens with one attached hydrogen (secondary N) is 1. The van der Waals surface area contributed by atoms with Crippen molar-refractivity contribution in [2.24, 2.45) is 17.8 Å². The van der Waals surface area contributed by atoms with Gasteiger partial charge in [0.25, 0.3) is 5.91 Å². The second-order valence-corrected chi connectivity index (χ2v) is 8.20. The van der Waals surface area contributed by atoms with E-state index < -0.39 is 0 Å². The van der Waals surface area contributed by atoms with E-state index in [2.05, 4.69) is 5.43 Å². The van der Waals surface area contributed by atoms with Gasteiger partial charge in [0.2, 0.25) is 11.8 Å². The Morgan fingerprint density at radius 3 is 2.71 bits per heavy atom. The maximum Gasteiger partial charge on any atom is 0.310 e. The largest absolute Gasteiger partial charge is 0.466 e. The van der Waals surface area contributed by atoms with Crippen LogP contribution in [0.5, 0.6) is 0 Å². The molecule has 8 nitrogen and oxygen atoms in total. The number of hydrogen-bond donors (Lipinski definition) is 1. The zero-order chi connectivity index (χ0) is 22.0. The molecule has 0 aromatic heterocycles. The summed E-state index contributed by atoms with van der Waals surface area (Å²) in [4.78, 5) is 52.4. The van der Waals surface area contributed by atoms with Gasteiger partial charge in [-0.05, 0) is 50.8 Å². The van der Waals surface area contributed by atoms with Gasteiger partial charge in [-0.2, -0.15) is 0 Å². The molecular formula is C23H27N3O5. The fraction of sp³-hybridized carbons (Fsp3) is 0.478. The van der Waals surface area contributed by atoms with Gasteiger partial charge in [-0.3, -0.25) is 24.6 Å². The van der Waals surface area contributed by atoms with Crippen LogP contribution in [0.4, 0.5) is 5.69 Å². The number of hydrazine groups is 1. The SMILES string of the molecule is CCOC(=O)C1CCCN(C(=O)c2cccc(N3NC(=O)C4CC=CCC4C3=O)c2)C1. The van der Waals surface area contributed by atoms with E-state index in [1.54, 1.807) is 36.1 Å². The Labute approximate surface area is 181 Å². The van der Waals surface area contributed by atoms with Gasteiger partial charge >= 0.3 is 5.97 Å². The molecule has 1 aromatic carbocycles. The van der Waals surface area contributed by atoms with E-state index in [4.69, 9.17) is 4.74 Å². The molecule has 1 aliphatic carbocycles. The van der Waals surface area contributed by atoms with Crippen LogP contribution in [0.25, 0.3) is 0 Å². The number of allylic oxidation sites excluding steroid dienone is 2. The number of amides is 3. The van der Waals surface area contributed by atoms with Crippen molar-refractivity contribution in [3.05, 3.63) is 42.0 Å². The molecule has 2 heterocycles. The lowest BCUT2D eigenvalue weighted by atomic mass is 9.80. The summed E-state index contributed by atoms with van der Waals surface area (Å²) in [5.41, 5.74) is 3.55. The van der Waals surface area contributed by atoms with E-state index in [0.29, 0.717) is 50.2 Å². The Morgan fingerprint density at radius 1 is 1.16 bits per heavy atom. The number of benzene rings is 1. The first-order valence-electron chi connectivity index (χ1n) is 10.8. The maximum absolute atomic E-state index is 13.1. The van der Waals surface area contributed by atoms with E-state index >= 15 is 0 Å². The molecular weight excluding hydrogens is 398 g/mol. The van der Waals surface area contributed by atoms with Crippen LogP contribution in [0.3, 0.4) is 0 Å². The topological polar surface area (TPSA) is 96.0 Å². The van der Waals surface area contributed by atoms with Crippen molar-refractivity contribution >= 4 is 29.4 Å². The van der Waals surface area contributed by atoms with Crippen molar-refractivity contribution in [1.29, 1.82) is 0 Å². The molecule has 2 saturated heterocycles. The lowest BCUT2D eigenvalue weighted by Gasteiger charge is -2.38. The summed E-state index contributed by atoms with van der Waals surface area (Å²) >= 11 is 0. The van der Waals surface area contributed by atoms with Gasteiger partial charge in [-0.15, -0.1) is 0 Å². The average Bonchev–Trinajstić information content (AvgIpc) is 2.81. The minimum absolute atomic E-state index is 0.168. The molecule has 0 bridgehead atoms. The first-order chi connectivity index (χ1) is 15.0. The predicted molar refractivity (Wildman–Crippen MR) is 113 cm³/mol. The third-order valence-corrected chi connectivity index (χ3v) is 6.21. The molecule has 2 aliphatic heterocycles. The van der Waals surface area contributed by atoms with Crippen LogP contribution < -0.4 is 10.4 Å². The highest BCUT2D eigenvalue weighted by molar-refractivity contribution is 6.05. The highest BCUT2D eigenvalue weighted by Crippen LogP contribution is 2.32. The second kappa shape index (κ2) is 8.91. The Morgan fingerprint density at radius 2 is 1.94 bits per heavy atom. The van der Waals surface area contributed by atoms with Gasteiger partial charge in [0, 0.05) is 18.7 Å². The maximum atomic E-state index is 13.1. The van der Waals surface area contributed by atoms with E-state index in [0.717, 1.165) is 6.42 Å². The predicted octanol–water partition coefficient (Wildman–Crippen LogP) is 2.06. The molecule has 31 heavy (non-hydrogen) atoms. The van der Waals surface area contributed by atoms with E-state index in [1.807, 2.05) is 12.2 Å². The number of fused-ring (bicyclic) bond motifs is 1. The van der Waals surface area contributed by atoms with Crippen molar-refractivity contribution in [3.8, 4) is 0 Å². The molecule has 0 radical (unpaired) electrons. The average molecular weight is 425 g/mol. The van der Waals surface area contributed by atoms with Gasteiger partial charge in [-0.1, -0.05) is 18.2 Å². The van der Waals surface area contributed by atoms with Crippen LogP contribution in [0.1, 0.15) is 43.0 Å². The summed E-state index contributed by atoms with van der Waals surface area (Å²) in [7, 11) is 0. The van der Waals surface area contributed by atoms with Gasteiger partial charge < -0.3 is 9.64 Å². The van der Waals surface area contributed by atoms with Crippen LogP contribution in [-0.2, 0) is 19.1 Å². The molecule has 1 N–H and O–H groups in total. The molecule has 2 fully saturated rings. The minimum atomic E-state index is -0.384. The second-order valence-electron chi connectivity index (χ2n) is 8.20. The van der Waals surface area contributed by atoms with Crippen LogP contribution in [0, 0.1) is 17.8 Å². The lowest BCUT2D eigenvalue weighted by molar-refractivity contribution is -0.149. The third-order valence-electron chi connectivity index (χ3n) is 6.21. The fourth-order valence-electron chi connectivity index (χ4n) is 4.56. The van der Waals surface area contributed by atoms with Gasteiger partial charge in [0.1, 0.15) is 0 Å². The van der Waals surface area contributed by atoms with E-state index in [9.17, 15) is 19.2 Å². The molecule has 0 spiro atoms. The number of nitrogens with zero attached hydrogens (tertiary/aromatic N) is 2. The molecule has 3 atom stereocenters. The number of piperidine rings is 1. The Bertz CT molecular complexity index is 928. The highest BCUT2D eigenvalue weighted by atomic mass is 16.5. The summed E-state index contributed by atoms with van der Waals surface area (Å²) in [6, 6.07) is 6.70. The molecule has 3 unspecified atom stereocenters. The number of ether oxygens (including phenoxy) is 1. The van der Waals surface area contributed by atoms with Crippen molar-refractivity contribution in [2.75, 3.05) is 24.7 Å². The van der Waals surface area contributed by atoms with Gasteiger partial charge in [-0.25, -0.2) is 5.01 Å². The third kappa shape index (κ3) is 4.19. The quantitative estimate of drug-likeness (QED) is 0.589. The number of esters is 1. The van der Waals surface area contributed by atoms with E-state index in [1.165, 1.54) is 5.01 Å². The summed E-state index contributed by atoms with van der Waals surface area (Å²) in [5, 5.41) is 1.26. The number of hydrogen-bond acceptors (Lipinski definition) is 5. The minimum Gasteiger partial charge on any atom is -0.466 e. The van der Waals surface area contributed by atoms with Crippen LogP contribution >= 0.6 is 0 Å². The van der Waals surface area contributed by atoms with Crippen molar-refractivity contribution < 1.29 is 23.9 Å². The smallest absolute Gasteiger partial charge is 0.310 e. The summed E-state index contributed by atoms with van der Waals surface area (Å²) < 4.78 is 5.11. The van der Waals surface area contributed by atoms with Crippen molar-refractivity contribution in [2.45, 2.75) is 32.6 Å².